The number of carbonyl (C=O) groups is 1. The highest BCUT2D eigenvalue weighted by molar-refractivity contribution is 5.80. The van der Waals surface area contributed by atoms with Gasteiger partial charge in [-0.25, -0.2) is 0 Å². The highest BCUT2D eigenvalue weighted by Gasteiger charge is 2.54. The Morgan fingerprint density at radius 1 is 1.04 bits per heavy atom. The molecule has 0 atom stereocenters. The summed E-state index contributed by atoms with van der Waals surface area (Å²) in [5.41, 5.74) is 1.13. The van der Waals surface area contributed by atoms with Crippen LogP contribution >= 0.6 is 0 Å². The molecule has 4 aliphatic carbocycles. The molecule has 142 valence electrons. The van der Waals surface area contributed by atoms with Crippen LogP contribution in [0.2, 0.25) is 0 Å². The van der Waals surface area contributed by atoms with E-state index in [9.17, 15) is 4.79 Å². The molecule has 4 aliphatic rings. The van der Waals surface area contributed by atoms with Crippen molar-refractivity contribution >= 4 is 5.91 Å². The fraction of sp³-hybridized carbons (Fsp3) is 0.682. The van der Waals surface area contributed by atoms with Gasteiger partial charge in [0, 0.05) is 12.1 Å². The Balaban J connectivity index is 1.53. The third kappa shape index (κ3) is 2.97. The first-order chi connectivity index (χ1) is 12.6. The Hall–Kier alpha value is -1.71. The van der Waals surface area contributed by atoms with Crippen molar-refractivity contribution in [1.29, 1.82) is 0 Å². The lowest BCUT2D eigenvalue weighted by atomic mass is 9.52. The number of amides is 1. The van der Waals surface area contributed by atoms with Crippen LogP contribution in [0.15, 0.2) is 18.2 Å². The zero-order valence-corrected chi connectivity index (χ0v) is 16.3. The van der Waals surface area contributed by atoms with Crippen molar-refractivity contribution in [3.63, 3.8) is 0 Å². The van der Waals surface area contributed by atoms with E-state index in [1.54, 1.807) is 14.2 Å². The number of hydrogen-bond donors (Lipinski definition) is 0. The molecule has 0 saturated heterocycles. The standard InChI is InChI=1S/C22H31NO3/c1-4-23(22-12-16-7-17(13-22)9-18(8-16)14-22)21(24)11-15-5-6-19(25-2)20(10-15)26-3/h5-6,10,16-18H,4,7-9,11-14H2,1-3H3. The number of methoxy groups -OCH3 is 2. The van der Waals surface area contributed by atoms with Gasteiger partial charge in [0.1, 0.15) is 0 Å². The lowest BCUT2D eigenvalue weighted by Crippen LogP contribution is -2.61. The van der Waals surface area contributed by atoms with Crippen LogP contribution in [-0.2, 0) is 11.2 Å². The minimum Gasteiger partial charge on any atom is -0.493 e. The summed E-state index contributed by atoms with van der Waals surface area (Å²) in [6, 6.07) is 5.81. The SMILES string of the molecule is CCN(C(=O)Cc1ccc(OC)c(OC)c1)C12CC3CC(CC(C3)C1)C2. The van der Waals surface area contributed by atoms with Gasteiger partial charge in [-0.1, -0.05) is 6.07 Å². The summed E-state index contributed by atoms with van der Waals surface area (Å²) < 4.78 is 10.7. The monoisotopic (exact) mass is 357 g/mol. The maximum absolute atomic E-state index is 13.3. The van der Waals surface area contributed by atoms with Crippen LogP contribution < -0.4 is 9.47 Å². The zero-order chi connectivity index (χ0) is 18.3. The first kappa shape index (κ1) is 17.7. The summed E-state index contributed by atoms with van der Waals surface area (Å²) in [6.45, 7) is 2.96. The van der Waals surface area contributed by atoms with E-state index in [4.69, 9.17) is 9.47 Å². The molecule has 1 amide bonds. The van der Waals surface area contributed by atoms with E-state index < -0.39 is 0 Å². The zero-order valence-electron chi connectivity index (χ0n) is 16.3. The molecule has 4 bridgehead atoms. The van der Waals surface area contributed by atoms with E-state index in [-0.39, 0.29) is 11.4 Å². The Morgan fingerprint density at radius 2 is 1.62 bits per heavy atom. The molecular weight excluding hydrogens is 326 g/mol. The molecule has 1 aromatic rings. The molecule has 0 N–H and O–H groups in total. The minimum atomic E-state index is 0.136. The lowest BCUT2D eigenvalue weighted by Gasteiger charge is -2.60. The van der Waals surface area contributed by atoms with E-state index in [2.05, 4.69) is 11.8 Å². The van der Waals surface area contributed by atoms with Crippen molar-refractivity contribution in [2.75, 3.05) is 20.8 Å². The Labute approximate surface area is 156 Å². The Bertz CT molecular complexity index is 649. The third-order valence-electron chi connectivity index (χ3n) is 7.00. The van der Waals surface area contributed by atoms with Crippen molar-refractivity contribution < 1.29 is 14.3 Å². The van der Waals surface area contributed by atoms with E-state index in [0.717, 1.165) is 29.9 Å². The summed E-state index contributed by atoms with van der Waals surface area (Å²) in [5, 5.41) is 0. The van der Waals surface area contributed by atoms with Crippen molar-refractivity contribution in [1.82, 2.24) is 4.90 Å². The second kappa shape index (κ2) is 6.79. The summed E-state index contributed by atoms with van der Waals surface area (Å²) in [6.07, 6.45) is 8.33. The molecule has 4 heteroatoms. The van der Waals surface area contributed by atoms with Crippen LogP contribution in [0.4, 0.5) is 0 Å². The second-order valence-corrected chi connectivity index (χ2v) is 8.65. The highest BCUT2D eigenvalue weighted by Crippen LogP contribution is 2.57. The Kier molecular flexibility index (Phi) is 4.62. The lowest BCUT2D eigenvalue weighted by molar-refractivity contribution is -0.149. The number of rotatable bonds is 6. The maximum atomic E-state index is 13.3. The number of likely N-dealkylation sites (N-methyl/N-ethyl adjacent to an activating group) is 1. The van der Waals surface area contributed by atoms with Crippen molar-refractivity contribution in [3.05, 3.63) is 23.8 Å². The number of ether oxygens (including phenoxy) is 2. The van der Waals surface area contributed by atoms with Gasteiger partial charge in [0.05, 0.1) is 20.6 Å². The van der Waals surface area contributed by atoms with Gasteiger partial charge in [0.25, 0.3) is 0 Å². The van der Waals surface area contributed by atoms with Crippen LogP contribution in [0.1, 0.15) is 51.0 Å². The van der Waals surface area contributed by atoms with Crippen LogP contribution in [0.3, 0.4) is 0 Å². The third-order valence-corrected chi connectivity index (χ3v) is 7.00. The van der Waals surface area contributed by atoms with Crippen molar-refractivity contribution in [2.24, 2.45) is 17.8 Å². The van der Waals surface area contributed by atoms with E-state index in [1.807, 2.05) is 18.2 Å². The van der Waals surface area contributed by atoms with Gasteiger partial charge in [-0.15, -0.1) is 0 Å². The molecule has 0 aliphatic heterocycles. The summed E-state index contributed by atoms with van der Waals surface area (Å²) in [4.78, 5) is 15.5. The quantitative estimate of drug-likeness (QED) is 0.770. The van der Waals surface area contributed by atoms with Gasteiger partial charge in [-0.3, -0.25) is 4.79 Å². The first-order valence-corrected chi connectivity index (χ1v) is 10.1. The average molecular weight is 357 g/mol. The minimum absolute atomic E-state index is 0.136. The largest absolute Gasteiger partial charge is 0.493 e. The molecule has 1 aromatic carbocycles. The maximum Gasteiger partial charge on any atom is 0.227 e. The van der Waals surface area contributed by atoms with Gasteiger partial charge < -0.3 is 14.4 Å². The molecule has 4 nitrogen and oxygen atoms in total. The molecule has 0 radical (unpaired) electrons. The van der Waals surface area contributed by atoms with Gasteiger partial charge in [-0.05, 0) is 80.9 Å². The number of benzene rings is 1. The summed E-state index contributed by atoms with van der Waals surface area (Å²) in [5.74, 6) is 4.21. The van der Waals surface area contributed by atoms with Gasteiger partial charge in [0.2, 0.25) is 5.91 Å². The predicted molar refractivity (Wildman–Crippen MR) is 102 cm³/mol. The number of hydrogen-bond acceptors (Lipinski definition) is 3. The number of nitrogens with zero attached hydrogens (tertiary/aromatic N) is 1. The molecular formula is C22H31NO3. The van der Waals surface area contributed by atoms with Crippen LogP contribution in [0, 0.1) is 17.8 Å². The van der Waals surface area contributed by atoms with Gasteiger partial charge in [0.15, 0.2) is 11.5 Å². The first-order valence-electron chi connectivity index (χ1n) is 10.1. The van der Waals surface area contributed by atoms with Crippen LogP contribution in [0.5, 0.6) is 11.5 Å². The Morgan fingerprint density at radius 3 is 2.12 bits per heavy atom. The molecule has 26 heavy (non-hydrogen) atoms. The van der Waals surface area contributed by atoms with E-state index in [0.29, 0.717) is 17.9 Å². The number of carbonyl (C=O) groups excluding carboxylic acids is 1. The normalized spacial score (nSPS) is 31.7. The smallest absolute Gasteiger partial charge is 0.227 e. The van der Waals surface area contributed by atoms with E-state index in [1.165, 1.54) is 38.5 Å². The molecule has 0 aromatic heterocycles. The van der Waals surface area contributed by atoms with Gasteiger partial charge in [-0.2, -0.15) is 0 Å². The molecule has 5 rings (SSSR count). The van der Waals surface area contributed by atoms with Gasteiger partial charge >= 0.3 is 0 Å². The molecule has 4 fully saturated rings. The molecule has 0 spiro atoms. The summed E-state index contributed by atoms with van der Waals surface area (Å²) in [7, 11) is 3.27. The fourth-order valence-electron chi connectivity index (χ4n) is 6.43. The van der Waals surface area contributed by atoms with Crippen molar-refractivity contribution in [3.8, 4) is 11.5 Å². The van der Waals surface area contributed by atoms with Crippen LogP contribution in [-0.4, -0.2) is 37.1 Å². The fourth-order valence-corrected chi connectivity index (χ4v) is 6.43. The van der Waals surface area contributed by atoms with E-state index >= 15 is 0 Å². The van der Waals surface area contributed by atoms with Crippen LogP contribution in [0.25, 0.3) is 0 Å². The second-order valence-electron chi connectivity index (χ2n) is 8.65. The molecule has 4 saturated carbocycles. The summed E-state index contributed by atoms with van der Waals surface area (Å²) >= 11 is 0. The molecule has 0 unspecified atom stereocenters. The molecule has 0 heterocycles. The highest BCUT2D eigenvalue weighted by atomic mass is 16.5. The average Bonchev–Trinajstić information content (AvgIpc) is 2.60. The predicted octanol–water partition coefficient (Wildman–Crippen LogP) is 4.06. The van der Waals surface area contributed by atoms with Crippen molar-refractivity contribution in [2.45, 2.75) is 57.4 Å². The topological polar surface area (TPSA) is 38.8 Å².